The first-order valence-electron chi connectivity index (χ1n) is 7.04. The van der Waals surface area contributed by atoms with Crippen LogP contribution in [0.3, 0.4) is 0 Å². The van der Waals surface area contributed by atoms with Crippen LogP contribution in [-0.2, 0) is 4.79 Å². The van der Waals surface area contributed by atoms with Crippen molar-refractivity contribution in [3.05, 3.63) is 0 Å². The highest BCUT2D eigenvalue weighted by molar-refractivity contribution is 5.78. The van der Waals surface area contributed by atoms with Crippen molar-refractivity contribution in [2.45, 2.75) is 65.2 Å². The molecule has 1 aliphatic rings. The molecule has 1 atom stereocenters. The topological polar surface area (TPSA) is 20.3 Å². The van der Waals surface area contributed by atoms with Gasteiger partial charge in [-0.25, -0.2) is 0 Å². The van der Waals surface area contributed by atoms with Crippen LogP contribution in [0.4, 0.5) is 0 Å². The highest BCUT2D eigenvalue weighted by atomic mass is 16.2. The second-order valence-corrected chi connectivity index (χ2v) is 5.14. The Labute approximate surface area is 100 Å². The second-order valence-electron chi connectivity index (χ2n) is 5.14. The number of amides is 1. The lowest BCUT2D eigenvalue weighted by Crippen LogP contribution is -2.32. The van der Waals surface area contributed by atoms with Gasteiger partial charge in [-0.3, -0.25) is 4.79 Å². The van der Waals surface area contributed by atoms with Crippen molar-refractivity contribution < 1.29 is 4.79 Å². The Bertz CT molecular complexity index is 197. The number of hydrogen-bond donors (Lipinski definition) is 0. The van der Waals surface area contributed by atoms with E-state index in [0.717, 1.165) is 19.5 Å². The summed E-state index contributed by atoms with van der Waals surface area (Å²) in [7, 11) is 0. The molecule has 2 heteroatoms. The number of rotatable bonds is 7. The van der Waals surface area contributed by atoms with Crippen LogP contribution >= 0.6 is 0 Å². The van der Waals surface area contributed by atoms with E-state index < -0.39 is 0 Å². The third-order valence-corrected chi connectivity index (χ3v) is 3.58. The average molecular weight is 225 g/mol. The highest BCUT2D eigenvalue weighted by Crippen LogP contribution is 2.17. The molecule has 0 N–H and O–H groups in total. The summed E-state index contributed by atoms with van der Waals surface area (Å²) in [5, 5.41) is 0. The van der Waals surface area contributed by atoms with E-state index in [1.165, 1.54) is 44.9 Å². The van der Waals surface area contributed by atoms with Crippen molar-refractivity contribution in [3.63, 3.8) is 0 Å². The first-order valence-corrected chi connectivity index (χ1v) is 7.04. The monoisotopic (exact) mass is 225 g/mol. The Balaban J connectivity index is 2.08. The van der Waals surface area contributed by atoms with Gasteiger partial charge in [0.1, 0.15) is 0 Å². The molecule has 1 aliphatic heterocycles. The van der Waals surface area contributed by atoms with Crippen molar-refractivity contribution in [1.29, 1.82) is 0 Å². The number of carbonyl (C=O) groups excluding carboxylic acids is 1. The average Bonchev–Trinajstić information content (AvgIpc) is 2.81. The standard InChI is InChI=1S/C14H27NO/c1-3-4-5-6-7-10-13(2)14(16)15-11-8-9-12-15/h13H,3-12H2,1-2H3. The van der Waals surface area contributed by atoms with Gasteiger partial charge in [0.25, 0.3) is 0 Å². The molecule has 0 aromatic carbocycles. The molecule has 0 aliphatic carbocycles. The van der Waals surface area contributed by atoms with Crippen LogP contribution in [0, 0.1) is 5.92 Å². The molecule has 1 unspecified atom stereocenters. The van der Waals surface area contributed by atoms with Gasteiger partial charge in [0.15, 0.2) is 0 Å². The van der Waals surface area contributed by atoms with Crippen molar-refractivity contribution in [1.82, 2.24) is 4.90 Å². The molecule has 94 valence electrons. The summed E-state index contributed by atoms with van der Waals surface area (Å²) >= 11 is 0. The summed E-state index contributed by atoms with van der Waals surface area (Å²) in [6.07, 6.45) is 9.98. The van der Waals surface area contributed by atoms with E-state index in [1.54, 1.807) is 0 Å². The van der Waals surface area contributed by atoms with E-state index in [1.807, 2.05) is 0 Å². The van der Waals surface area contributed by atoms with Crippen LogP contribution in [0.2, 0.25) is 0 Å². The zero-order valence-corrected chi connectivity index (χ0v) is 11.0. The van der Waals surface area contributed by atoms with Crippen molar-refractivity contribution in [2.75, 3.05) is 13.1 Å². The molecule has 0 radical (unpaired) electrons. The van der Waals surface area contributed by atoms with Gasteiger partial charge in [0.05, 0.1) is 0 Å². The summed E-state index contributed by atoms with van der Waals surface area (Å²) in [5.74, 6) is 0.646. The smallest absolute Gasteiger partial charge is 0.225 e. The van der Waals surface area contributed by atoms with E-state index in [2.05, 4.69) is 18.7 Å². The summed E-state index contributed by atoms with van der Waals surface area (Å²) in [4.78, 5) is 14.0. The van der Waals surface area contributed by atoms with Gasteiger partial charge in [-0.2, -0.15) is 0 Å². The molecular weight excluding hydrogens is 198 g/mol. The Hall–Kier alpha value is -0.530. The Morgan fingerprint density at radius 1 is 1.12 bits per heavy atom. The van der Waals surface area contributed by atoms with Gasteiger partial charge in [0, 0.05) is 19.0 Å². The predicted octanol–water partition coefficient (Wildman–Crippen LogP) is 3.61. The minimum atomic E-state index is 0.250. The normalized spacial score (nSPS) is 17.8. The molecule has 1 amide bonds. The van der Waals surface area contributed by atoms with Gasteiger partial charge in [-0.1, -0.05) is 46.0 Å². The first-order chi connectivity index (χ1) is 7.75. The molecule has 0 spiro atoms. The van der Waals surface area contributed by atoms with Gasteiger partial charge < -0.3 is 4.90 Å². The molecule has 0 aromatic heterocycles. The lowest BCUT2D eigenvalue weighted by molar-refractivity contribution is -0.134. The summed E-state index contributed by atoms with van der Waals surface area (Å²) in [5.41, 5.74) is 0. The Morgan fingerprint density at radius 3 is 2.38 bits per heavy atom. The fourth-order valence-corrected chi connectivity index (χ4v) is 2.43. The largest absolute Gasteiger partial charge is 0.342 e. The fourth-order valence-electron chi connectivity index (χ4n) is 2.43. The SMILES string of the molecule is CCCCCCCC(C)C(=O)N1CCCC1. The van der Waals surface area contributed by atoms with Gasteiger partial charge in [-0.15, -0.1) is 0 Å². The molecule has 1 saturated heterocycles. The van der Waals surface area contributed by atoms with Crippen molar-refractivity contribution in [3.8, 4) is 0 Å². The minimum Gasteiger partial charge on any atom is -0.342 e. The zero-order valence-electron chi connectivity index (χ0n) is 11.0. The highest BCUT2D eigenvalue weighted by Gasteiger charge is 2.22. The van der Waals surface area contributed by atoms with E-state index in [-0.39, 0.29) is 5.92 Å². The predicted molar refractivity (Wildman–Crippen MR) is 68.4 cm³/mol. The summed E-state index contributed by atoms with van der Waals surface area (Å²) in [6, 6.07) is 0. The molecule has 16 heavy (non-hydrogen) atoms. The van der Waals surface area contributed by atoms with E-state index in [9.17, 15) is 4.79 Å². The number of carbonyl (C=O) groups is 1. The number of nitrogens with zero attached hydrogens (tertiary/aromatic N) is 1. The maximum Gasteiger partial charge on any atom is 0.225 e. The van der Waals surface area contributed by atoms with E-state index >= 15 is 0 Å². The lowest BCUT2D eigenvalue weighted by atomic mass is 10.0. The molecule has 1 heterocycles. The van der Waals surface area contributed by atoms with Gasteiger partial charge in [0.2, 0.25) is 5.91 Å². The molecular formula is C14H27NO. The number of unbranched alkanes of at least 4 members (excludes halogenated alkanes) is 4. The lowest BCUT2D eigenvalue weighted by Gasteiger charge is -2.20. The maximum atomic E-state index is 12.0. The molecule has 0 saturated carbocycles. The third-order valence-electron chi connectivity index (χ3n) is 3.58. The summed E-state index contributed by atoms with van der Waals surface area (Å²) < 4.78 is 0. The van der Waals surface area contributed by atoms with Crippen molar-refractivity contribution in [2.24, 2.45) is 5.92 Å². The Morgan fingerprint density at radius 2 is 1.75 bits per heavy atom. The quantitative estimate of drug-likeness (QED) is 0.606. The van der Waals surface area contributed by atoms with E-state index in [0.29, 0.717) is 5.91 Å². The molecule has 1 rings (SSSR count). The van der Waals surface area contributed by atoms with Gasteiger partial charge in [-0.05, 0) is 19.3 Å². The molecule has 1 fully saturated rings. The van der Waals surface area contributed by atoms with Crippen LogP contribution < -0.4 is 0 Å². The first kappa shape index (κ1) is 13.5. The third kappa shape index (κ3) is 4.54. The van der Waals surface area contributed by atoms with Crippen LogP contribution in [0.5, 0.6) is 0 Å². The maximum absolute atomic E-state index is 12.0. The minimum absolute atomic E-state index is 0.250. The fraction of sp³-hybridized carbons (Fsp3) is 0.929. The van der Waals surface area contributed by atoms with Crippen LogP contribution in [0.1, 0.15) is 65.2 Å². The van der Waals surface area contributed by atoms with Gasteiger partial charge >= 0.3 is 0 Å². The van der Waals surface area contributed by atoms with Crippen LogP contribution in [-0.4, -0.2) is 23.9 Å². The number of likely N-dealkylation sites (tertiary alicyclic amines) is 1. The second kappa shape index (κ2) is 7.70. The molecule has 2 nitrogen and oxygen atoms in total. The molecule has 0 aromatic rings. The van der Waals surface area contributed by atoms with Crippen molar-refractivity contribution >= 4 is 5.91 Å². The van der Waals surface area contributed by atoms with Crippen LogP contribution in [0.25, 0.3) is 0 Å². The molecule has 0 bridgehead atoms. The Kier molecular flexibility index (Phi) is 6.51. The van der Waals surface area contributed by atoms with Crippen LogP contribution in [0.15, 0.2) is 0 Å². The van der Waals surface area contributed by atoms with E-state index in [4.69, 9.17) is 0 Å². The number of hydrogen-bond acceptors (Lipinski definition) is 1. The zero-order chi connectivity index (χ0) is 11.8. The summed E-state index contributed by atoms with van der Waals surface area (Å²) in [6.45, 7) is 6.33.